The molecule has 0 spiro atoms. The Kier molecular flexibility index (Phi) is 5.09. The van der Waals surface area contributed by atoms with Gasteiger partial charge in [0.1, 0.15) is 6.54 Å². The first-order valence-corrected chi connectivity index (χ1v) is 10.1. The standard InChI is InChI=1S/C19H23N5O2S/c1-2-23-14-5-3-4-6-15(14)24(19(23)26)12-17(25)22-18-21-11-16(27-18)13-7-9-20-10-8-13/h3-6,11,13,20H,2,7-10,12H2,1H3,(H,21,22,25). The first kappa shape index (κ1) is 17.9. The minimum absolute atomic E-state index is 0.0192. The molecule has 27 heavy (non-hydrogen) atoms. The first-order chi connectivity index (χ1) is 13.2. The molecule has 0 bridgehead atoms. The van der Waals surface area contributed by atoms with E-state index in [1.807, 2.05) is 37.4 Å². The van der Waals surface area contributed by atoms with Crippen molar-refractivity contribution in [2.24, 2.45) is 0 Å². The van der Waals surface area contributed by atoms with Crippen molar-refractivity contribution in [3.8, 4) is 0 Å². The summed E-state index contributed by atoms with van der Waals surface area (Å²) < 4.78 is 3.21. The van der Waals surface area contributed by atoms with E-state index in [1.165, 1.54) is 20.8 Å². The number of imidazole rings is 1. The molecule has 0 atom stereocenters. The average Bonchev–Trinajstić information content (AvgIpc) is 3.26. The Labute approximate surface area is 161 Å². The number of nitrogens with zero attached hydrogens (tertiary/aromatic N) is 3. The number of aromatic nitrogens is 3. The van der Waals surface area contributed by atoms with E-state index in [4.69, 9.17) is 0 Å². The van der Waals surface area contributed by atoms with Crippen LogP contribution >= 0.6 is 11.3 Å². The van der Waals surface area contributed by atoms with Gasteiger partial charge in [0.05, 0.1) is 11.0 Å². The average molecular weight is 385 g/mol. The number of nitrogens with one attached hydrogen (secondary N) is 2. The molecule has 1 aliphatic rings. The Balaban J connectivity index is 1.50. The number of para-hydroxylation sites is 2. The van der Waals surface area contributed by atoms with Crippen LogP contribution in [-0.4, -0.2) is 33.1 Å². The number of hydrogen-bond acceptors (Lipinski definition) is 5. The van der Waals surface area contributed by atoms with Gasteiger partial charge in [-0.3, -0.25) is 13.9 Å². The van der Waals surface area contributed by atoms with Crippen LogP contribution in [0.25, 0.3) is 11.0 Å². The van der Waals surface area contributed by atoms with Gasteiger partial charge in [-0.05, 0) is 50.9 Å². The highest BCUT2D eigenvalue weighted by atomic mass is 32.1. The SMILES string of the molecule is CCn1c(=O)n(CC(=O)Nc2ncc(C3CCNCC3)s2)c2ccccc21. The fourth-order valence-corrected chi connectivity index (χ4v) is 4.67. The minimum atomic E-state index is -0.234. The maximum absolute atomic E-state index is 12.6. The summed E-state index contributed by atoms with van der Waals surface area (Å²) in [5.74, 6) is 0.280. The number of thiazole rings is 1. The van der Waals surface area contributed by atoms with Crippen LogP contribution in [0.2, 0.25) is 0 Å². The van der Waals surface area contributed by atoms with Crippen molar-refractivity contribution in [1.82, 2.24) is 19.4 Å². The van der Waals surface area contributed by atoms with Crippen LogP contribution in [0.4, 0.5) is 5.13 Å². The number of piperidine rings is 1. The van der Waals surface area contributed by atoms with E-state index in [2.05, 4.69) is 15.6 Å². The number of amides is 1. The molecule has 0 aliphatic carbocycles. The Morgan fingerprint density at radius 3 is 2.67 bits per heavy atom. The molecular weight excluding hydrogens is 362 g/mol. The van der Waals surface area contributed by atoms with Crippen LogP contribution in [0.15, 0.2) is 35.3 Å². The Morgan fingerprint density at radius 1 is 1.26 bits per heavy atom. The van der Waals surface area contributed by atoms with Crippen molar-refractivity contribution in [3.05, 3.63) is 45.8 Å². The second kappa shape index (κ2) is 7.66. The third-order valence-electron chi connectivity index (χ3n) is 5.05. The third kappa shape index (κ3) is 3.54. The largest absolute Gasteiger partial charge is 0.329 e. The smallest absolute Gasteiger partial charge is 0.317 e. The number of rotatable bonds is 5. The molecule has 0 radical (unpaired) electrons. The lowest BCUT2D eigenvalue weighted by molar-refractivity contribution is -0.116. The van der Waals surface area contributed by atoms with Crippen LogP contribution in [0.5, 0.6) is 0 Å². The second-order valence-electron chi connectivity index (χ2n) is 6.74. The predicted molar refractivity (Wildman–Crippen MR) is 107 cm³/mol. The lowest BCUT2D eigenvalue weighted by Gasteiger charge is -2.20. The predicted octanol–water partition coefficient (Wildman–Crippen LogP) is 2.39. The molecule has 1 aliphatic heterocycles. The van der Waals surface area contributed by atoms with Crippen molar-refractivity contribution in [1.29, 1.82) is 0 Å². The molecule has 1 aromatic carbocycles. The summed E-state index contributed by atoms with van der Waals surface area (Å²) in [5.41, 5.74) is 1.46. The van der Waals surface area contributed by atoms with Gasteiger partial charge in [0.15, 0.2) is 5.13 Å². The summed E-state index contributed by atoms with van der Waals surface area (Å²) in [4.78, 5) is 30.7. The summed E-state index contributed by atoms with van der Waals surface area (Å²) in [6.07, 6.45) is 4.06. The molecule has 0 unspecified atom stereocenters. The van der Waals surface area contributed by atoms with E-state index in [9.17, 15) is 9.59 Å². The normalized spacial score (nSPS) is 15.3. The molecule has 7 nitrogen and oxygen atoms in total. The van der Waals surface area contributed by atoms with Gasteiger partial charge in [0.2, 0.25) is 5.91 Å². The van der Waals surface area contributed by atoms with E-state index in [1.54, 1.807) is 4.57 Å². The summed E-state index contributed by atoms with van der Waals surface area (Å²) >= 11 is 1.53. The summed E-state index contributed by atoms with van der Waals surface area (Å²) in [6, 6.07) is 7.55. The quantitative estimate of drug-likeness (QED) is 0.707. The van der Waals surface area contributed by atoms with Crippen molar-refractivity contribution in [3.63, 3.8) is 0 Å². The molecule has 2 N–H and O–H groups in total. The topological polar surface area (TPSA) is 81.0 Å². The number of carbonyl (C=O) groups is 1. The van der Waals surface area contributed by atoms with Crippen molar-refractivity contribution >= 4 is 33.4 Å². The van der Waals surface area contributed by atoms with E-state index >= 15 is 0 Å². The zero-order valence-electron chi connectivity index (χ0n) is 15.3. The molecule has 1 amide bonds. The molecule has 8 heteroatoms. The third-order valence-corrected chi connectivity index (χ3v) is 6.13. The second-order valence-corrected chi connectivity index (χ2v) is 7.80. The van der Waals surface area contributed by atoms with Crippen molar-refractivity contribution in [2.45, 2.75) is 38.8 Å². The number of anilines is 1. The fourth-order valence-electron chi connectivity index (χ4n) is 3.67. The van der Waals surface area contributed by atoms with Gasteiger partial charge in [-0.2, -0.15) is 0 Å². The highest BCUT2D eigenvalue weighted by molar-refractivity contribution is 7.15. The number of carbonyl (C=O) groups excluding carboxylic acids is 1. The van der Waals surface area contributed by atoms with Crippen LogP contribution in [0, 0.1) is 0 Å². The van der Waals surface area contributed by atoms with E-state index in [0.29, 0.717) is 17.6 Å². The molecule has 2 aromatic heterocycles. The summed E-state index contributed by atoms with van der Waals surface area (Å²) in [6.45, 7) is 4.52. The molecule has 1 saturated heterocycles. The van der Waals surface area contributed by atoms with Crippen molar-refractivity contribution < 1.29 is 4.79 Å². The molecule has 0 saturated carbocycles. The zero-order chi connectivity index (χ0) is 18.8. The van der Waals surface area contributed by atoms with Gasteiger partial charge in [-0.15, -0.1) is 11.3 Å². The fraction of sp³-hybridized carbons (Fsp3) is 0.421. The van der Waals surface area contributed by atoms with Gasteiger partial charge < -0.3 is 10.6 Å². The van der Waals surface area contributed by atoms with Gasteiger partial charge in [-0.25, -0.2) is 9.78 Å². The molecule has 142 valence electrons. The number of benzene rings is 1. The van der Waals surface area contributed by atoms with Gasteiger partial charge >= 0.3 is 5.69 Å². The van der Waals surface area contributed by atoms with Crippen LogP contribution in [0.3, 0.4) is 0 Å². The summed E-state index contributed by atoms with van der Waals surface area (Å²) in [7, 11) is 0. The van der Waals surface area contributed by atoms with E-state index < -0.39 is 0 Å². The molecule has 4 rings (SSSR count). The van der Waals surface area contributed by atoms with Gasteiger partial charge in [0, 0.05) is 17.6 Å². The maximum atomic E-state index is 12.6. The van der Waals surface area contributed by atoms with Gasteiger partial charge in [-0.1, -0.05) is 12.1 Å². The Morgan fingerprint density at radius 2 is 1.96 bits per heavy atom. The van der Waals surface area contributed by atoms with Gasteiger partial charge in [0.25, 0.3) is 0 Å². The summed E-state index contributed by atoms with van der Waals surface area (Å²) in [5, 5.41) is 6.81. The monoisotopic (exact) mass is 385 g/mol. The molecule has 3 heterocycles. The number of aryl methyl sites for hydroxylation is 1. The molecular formula is C19H23N5O2S. The van der Waals surface area contributed by atoms with Crippen LogP contribution in [0.1, 0.15) is 30.6 Å². The minimum Gasteiger partial charge on any atom is -0.317 e. The maximum Gasteiger partial charge on any atom is 0.329 e. The first-order valence-electron chi connectivity index (χ1n) is 9.31. The zero-order valence-corrected chi connectivity index (χ0v) is 16.1. The van der Waals surface area contributed by atoms with Crippen molar-refractivity contribution in [2.75, 3.05) is 18.4 Å². The van der Waals surface area contributed by atoms with E-state index in [-0.39, 0.29) is 18.1 Å². The lowest BCUT2D eigenvalue weighted by atomic mass is 9.97. The van der Waals surface area contributed by atoms with Crippen LogP contribution in [-0.2, 0) is 17.9 Å². The number of fused-ring (bicyclic) bond motifs is 1. The Hall–Kier alpha value is -2.45. The van der Waals surface area contributed by atoms with E-state index in [0.717, 1.165) is 37.0 Å². The molecule has 3 aromatic rings. The molecule has 1 fully saturated rings. The highest BCUT2D eigenvalue weighted by Gasteiger charge is 2.19. The lowest BCUT2D eigenvalue weighted by Crippen LogP contribution is -2.29. The number of hydrogen-bond donors (Lipinski definition) is 2. The Bertz CT molecular complexity index is 1010. The highest BCUT2D eigenvalue weighted by Crippen LogP contribution is 2.31. The van der Waals surface area contributed by atoms with Crippen LogP contribution < -0.4 is 16.3 Å².